The standard InChI is InChI=1S/C32H32F2N4O/c1-4-9-22-25(33)11-10-21-16-20(3)17-23(26(21)22)28-27(34)29-24(18-35-28)30(38-14-7-6-8-15-38)37-31(36-29)39-19-32(5-2)12-13-32/h10-11,16-18H,5-8,12-15,19H2,1-3H3. The molecule has 0 amide bonds. The molecule has 2 aromatic carbocycles. The van der Waals surface area contributed by atoms with Crippen molar-refractivity contribution in [2.75, 3.05) is 24.6 Å². The van der Waals surface area contributed by atoms with E-state index in [-0.39, 0.29) is 28.2 Å². The highest BCUT2D eigenvalue weighted by molar-refractivity contribution is 6.02. The van der Waals surface area contributed by atoms with Gasteiger partial charge in [0, 0.05) is 35.7 Å². The van der Waals surface area contributed by atoms with E-state index in [2.05, 4.69) is 33.6 Å². The number of pyridine rings is 1. The van der Waals surface area contributed by atoms with Crippen LogP contribution >= 0.6 is 0 Å². The lowest BCUT2D eigenvalue weighted by Crippen LogP contribution is -2.30. The smallest absolute Gasteiger partial charge is 0.319 e. The predicted molar refractivity (Wildman–Crippen MR) is 151 cm³/mol. The van der Waals surface area contributed by atoms with E-state index < -0.39 is 11.6 Å². The van der Waals surface area contributed by atoms with Crippen molar-refractivity contribution in [2.45, 2.75) is 59.3 Å². The monoisotopic (exact) mass is 526 g/mol. The number of aromatic nitrogens is 3. The summed E-state index contributed by atoms with van der Waals surface area (Å²) in [5, 5.41) is 1.88. The molecule has 1 saturated carbocycles. The van der Waals surface area contributed by atoms with Gasteiger partial charge < -0.3 is 9.64 Å². The van der Waals surface area contributed by atoms with Crippen molar-refractivity contribution < 1.29 is 13.5 Å². The number of ether oxygens (including phenoxy) is 1. The number of hydrogen-bond acceptors (Lipinski definition) is 5. The molecule has 3 heterocycles. The summed E-state index contributed by atoms with van der Waals surface area (Å²) in [4.78, 5) is 16.1. The number of nitrogens with zero attached hydrogens (tertiary/aromatic N) is 4. The van der Waals surface area contributed by atoms with Crippen LogP contribution in [0.4, 0.5) is 14.6 Å². The van der Waals surface area contributed by atoms with Crippen LogP contribution in [0.5, 0.6) is 6.01 Å². The van der Waals surface area contributed by atoms with Crippen molar-refractivity contribution in [3.05, 3.63) is 53.2 Å². The fourth-order valence-corrected chi connectivity index (χ4v) is 5.64. The topological polar surface area (TPSA) is 51.1 Å². The lowest BCUT2D eigenvalue weighted by Gasteiger charge is -2.29. The van der Waals surface area contributed by atoms with E-state index in [4.69, 9.17) is 9.72 Å². The lowest BCUT2D eigenvalue weighted by molar-refractivity contribution is 0.214. The summed E-state index contributed by atoms with van der Waals surface area (Å²) in [6, 6.07) is 7.08. The van der Waals surface area contributed by atoms with Crippen LogP contribution in [0.1, 0.15) is 63.5 Å². The minimum absolute atomic E-state index is 0.113. The van der Waals surface area contributed by atoms with Crippen molar-refractivity contribution in [2.24, 2.45) is 5.41 Å². The van der Waals surface area contributed by atoms with E-state index in [1.165, 1.54) is 12.5 Å². The van der Waals surface area contributed by atoms with Crippen LogP contribution in [0.2, 0.25) is 0 Å². The molecule has 0 atom stereocenters. The Bertz CT molecular complexity index is 1650. The average Bonchev–Trinajstić information content (AvgIpc) is 3.74. The van der Waals surface area contributed by atoms with Crippen molar-refractivity contribution >= 4 is 27.5 Å². The molecule has 0 unspecified atom stereocenters. The van der Waals surface area contributed by atoms with Gasteiger partial charge in [0.05, 0.1) is 17.6 Å². The van der Waals surface area contributed by atoms with Crippen LogP contribution in [0.15, 0.2) is 30.5 Å². The number of hydrogen-bond donors (Lipinski definition) is 0. The second-order valence-electron chi connectivity index (χ2n) is 10.9. The van der Waals surface area contributed by atoms with Gasteiger partial charge in [-0.15, -0.1) is 5.92 Å². The Hall–Kier alpha value is -3.79. The average molecular weight is 527 g/mol. The van der Waals surface area contributed by atoms with E-state index in [1.54, 1.807) is 19.2 Å². The number of benzene rings is 2. The summed E-state index contributed by atoms with van der Waals surface area (Å²) in [5.41, 5.74) is 2.10. The third-order valence-electron chi connectivity index (χ3n) is 8.23. The van der Waals surface area contributed by atoms with Gasteiger partial charge in [0.15, 0.2) is 5.82 Å². The van der Waals surface area contributed by atoms with Crippen LogP contribution in [-0.4, -0.2) is 34.6 Å². The van der Waals surface area contributed by atoms with Crippen molar-refractivity contribution in [1.29, 1.82) is 0 Å². The molecular formula is C32H32F2N4O. The van der Waals surface area contributed by atoms with Gasteiger partial charge in [0.1, 0.15) is 22.8 Å². The molecule has 7 heteroatoms. The molecule has 4 aromatic rings. The SMILES string of the molecule is CC#Cc1c(F)ccc2cc(C)cc(-c3ncc4c(N5CCCCC5)nc(OCC5(CC)CC5)nc4c3F)c12. The quantitative estimate of drug-likeness (QED) is 0.246. The predicted octanol–water partition coefficient (Wildman–Crippen LogP) is 7.36. The minimum Gasteiger partial charge on any atom is -0.463 e. The molecule has 2 aliphatic rings. The van der Waals surface area contributed by atoms with Crippen LogP contribution in [0.3, 0.4) is 0 Å². The highest BCUT2D eigenvalue weighted by Crippen LogP contribution is 2.48. The van der Waals surface area contributed by atoms with Gasteiger partial charge in [0.2, 0.25) is 0 Å². The summed E-state index contributed by atoms with van der Waals surface area (Å²) in [6.45, 7) is 7.96. The Morgan fingerprint density at radius 3 is 2.59 bits per heavy atom. The summed E-state index contributed by atoms with van der Waals surface area (Å²) in [6.07, 6.45) is 8.19. The van der Waals surface area contributed by atoms with E-state index in [0.29, 0.717) is 28.8 Å². The van der Waals surface area contributed by atoms with Gasteiger partial charge in [-0.05, 0) is 75.5 Å². The number of fused-ring (bicyclic) bond motifs is 2. The van der Waals surface area contributed by atoms with Gasteiger partial charge in [-0.25, -0.2) is 8.78 Å². The Morgan fingerprint density at radius 2 is 1.87 bits per heavy atom. The van der Waals surface area contributed by atoms with Crippen molar-refractivity contribution in [1.82, 2.24) is 15.0 Å². The first-order chi connectivity index (χ1) is 18.9. The number of aryl methyl sites for hydroxylation is 1. The second-order valence-corrected chi connectivity index (χ2v) is 10.9. The van der Waals surface area contributed by atoms with Crippen molar-refractivity contribution in [3.63, 3.8) is 0 Å². The Balaban J connectivity index is 1.56. The highest BCUT2D eigenvalue weighted by Gasteiger charge is 2.41. The van der Waals surface area contributed by atoms with Gasteiger partial charge in [-0.3, -0.25) is 4.98 Å². The molecule has 6 rings (SSSR count). The van der Waals surface area contributed by atoms with Crippen molar-refractivity contribution in [3.8, 4) is 29.1 Å². The molecule has 200 valence electrons. The van der Waals surface area contributed by atoms with Crippen LogP contribution in [0, 0.1) is 35.8 Å². The van der Waals surface area contributed by atoms with Crippen LogP contribution < -0.4 is 9.64 Å². The molecule has 0 bridgehead atoms. The number of rotatable bonds is 6. The molecule has 5 nitrogen and oxygen atoms in total. The molecule has 1 aliphatic carbocycles. The third kappa shape index (κ3) is 4.67. The van der Waals surface area contributed by atoms with Crippen LogP contribution in [-0.2, 0) is 0 Å². The number of piperidine rings is 1. The maximum absolute atomic E-state index is 16.6. The maximum Gasteiger partial charge on any atom is 0.319 e. The summed E-state index contributed by atoms with van der Waals surface area (Å²) in [5.74, 6) is 5.32. The van der Waals surface area contributed by atoms with E-state index >= 15 is 4.39 Å². The zero-order chi connectivity index (χ0) is 27.1. The van der Waals surface area contributed by atoms with E-state index in [0.717, 1.165) is 56.1 Å². The molecule has 0 spiro atoms. The summed E-state index contributed by atoms with van der Waals surface area (Å²) < 4.78 is 37.6. The lowest BCUT2D eigenvalue weighted by atomic mass is 9.94. The first-order valence-electron chi connectivity index (χ1n) is 13.8. The minimum atomic E-state index is -0.568. The number of anilines is 1. The van der Waals surface area contributed by atoms with Crippen LogP contribution in [0.25, 0.3) is 32.9 Å². The fraction of sp³-hybridized carbons (Fsp3) is 0.406. The van der Waals surface area contributed by atoms with Gasteiger partial charge in [-0.2, -0.15) is 9.97 Å². The normalized spacial score (nSPS) is 16.3. The molecule has 39 heavy (non-hydrogen) atoms. The third-order valence-corrected chi connectivity index (χ3v) is 8.23. The van der Waals surface area contributed by atoms with Gasteiger partial charge >= 0.3 is 6.01 Å². The highest BCUT2D eigenvalue weighted by atomic mass is 19.1. The Kier molecular flexibility index (Phi) is 6.58. The molecule has 2 fully saturated rings. The molecule has 2 aromatic heterocycles. The zero-order valence-corrected chi connectivity index (χ0v) is 22.7. The van der Waals surface area contributed by atoms with Gasteiger partial charge in [-0.1, -0.05) is 25.0 Å². The maximum atomic E-state index is 16.6. The number of halogens is 2. The molecule has 0 radical (unpaired) electrons. The van der Waals surface area contributed by atoms with E-state index in [1.807, 2.05) is 19.1 Å². The second kappa shape index (κ2) is 10.1. The first kappa shape index (κ1) is 25.5. The Labute approximate surface area is 227 Å². The fourth-order valence-electron chi connectivity index (χ4n) is 5.64. The molecule has 1 saturated heterocycles. The molecule has 1 aliphatic heterocycles. The summed E-state index contributed by atoms with van der Waals surface area (Å²) in [7, 11) is 0. The Morgan fingerprint density at radius 1 is 1.08 bits per heavy atom. The largest absolute Gasteiger partial charge is 0.463 e. The zero-order valence-electron chi connectivity index (χ0n) is 22.7. The van der Waals surface area contributed by atoms with Gasteiger partial charge in [0.25, 0.3) is 0 Å². The first-order valence-corrected chi connectivity index (χ1v) is 13.8. The van der Waals surface area contributed by atoms with E-state index in [9.17, 15) is 4.39 Å². The molecular weight excluding hydrogens is 494 g/mol. The summed E-state index contributed by atoms with van der Waals surface area (Å²) >= 11 is 0. The molecule has 0 N–H and O–H groups in total.